The third kappa shape index (κ3) is 2.56. The van der Waals surface area contributed by atoms with E-state index in [-0.39, 0.29) is 0 Å². The minimum Gasteiger partial charge on any atom is -0.402 e. The van der Waals surface area contributed by atoms with Crippen LogP contribution in [-0.2, 0) is 9.53 Å². The normalized spacial score (nSPS) is 16.4. The summed E-state index contributed by atoms with van der Waals surface area (Å²) < 4.78 is 5.27. The van der Waals surface area contributed by atoms with Gasteiger partial charge in [-0.05, 0) is 43.5 Å². The molecule has 0 spiro atoms. The number of carbonyl (C=O) groups excluding carboxylic acids is 1. The van der Waals surface area contributed by atoms with E-state index in [1.807, 2.05) is 43.5 Å². The van der Waals surface area contributed by atoms with E-state index in [4.69, 9.17) is 4.74 Å². The van der Waals surface area contributed by atoms with E-state index in [1.165, 1.54) is 0 Å². The monoisotopic (exact) mass is 283 g/mol. The van der Waals surface area contributed by atoms with Crippen molar-refractivity contribution in [2.45, 2.75) is 13.8 Å². The first-order chi connectivity index (χ1) is 9.61. The molecule has 100 valence electrons. The number of nitrogens with zero attached hydrogens (tertiary/aromatic N) is 1. The van der Waals surface area contributed by atoms with Gasteiger partial charge in [0.1, 0.15) is 0 Å². The molecule has 0 saturated heterocycles. The highest BCUT2D eigenvalue weighted by atomic mass is 32.1. The van der Waals surface area contributed by atoms with Gasteiger partial charge in [0.25, 0.3) is 0 Å². The van der Waals surface area contributed by atoms with Crippen molar-refractivity contribution < 1.29 is 9.53 Å². The van der Waals surface area contributed by atoms with Crippen LogP contribution >= 0.6 is 11.3 Å². The molecule has 0 amide bonds. The molecule has 0 aliphatic carbocycles. The van der Waals surface area contributed by atoms with Crippen LogP contribution in [0.1, 0.15) is 21.6 Å². The summed E-state index contributed by atoms with van der Waals surface area (Å²) in [5.74, 6) is -0.0165. The number of benzene rings is 1. The molecule has 0 N–H and O–H groups in total. The number of ether oxygens (including phenoxy) is 1. The summed E-state index contributed by atoms with van der Waals surface area (Å²) >= 11 is 1.56. The van der Waals surface area contributed by atoms with Crippen molar-refractivity contribution in [2.75, 3.05) is 0 Å². The number of aliphatic imine (C=N–C) groups is 1. The smallest absolute Gasteiger partial charge is 0.363 e. The molecule has 1 aliphatic heterocycles. The molecule has 3 nitrogen and oxygen atoms in total. The number of rotatable bonds is 2. The molecular formula is C16H13NO2S. The maximum atomic E-state index is 11.9. The van der Waals surface area contributed by atoms with Gasteiger partial charge in [-0.25, -0.2) is 9.79 Å². The van der Waals surface area contributed by atoms with Crippen molar-refractivity contribution in [3.63, 3.8) is 0 Å². The summed E-state index contributed by atoms with van der Waals surface area (Å²) in [6, 6.07) is 9.88. The molecule has 1 aromatic heterocycles. The van der Waals surface area contributed by atoms with E-state index in [9.17, 15) is 4.79 Å². The number of thiophene rings is 1. The van der Waals surface area contributed by atoms with Gasteiger partial charge >= 0.3 is 5.97 Å². The summed E-state index contributed by atoms with van der Waals surface area (Å²) in [6.45, 7) is 4.02. The third-order valence-electron chi connectivity index (χ3n) is 2.91. The zero-order chi connectivity index (χ0) is 14.1. The Labute approximate surface area is 121 Å². The lowest BCUT2D eigenvalue weighted by Gasteiger charge is -2.03. The molecule has 0 unspecified atom stereocenters. The molecule has 2 aromatic rings. The van der Waals surface area contributed by atoms with Crippen molar-refractivity contribution in [3.8, 4) is 0 Å². The molecule has 0 bridgehead atoms. The van der Waals surface area contributed by atoms with Gasteiger partial charge in [-0.1, -0.05) is 23.3 Å². The zero-order valence-corrected chi connectivity index (χ0v) is 12.0. The molecule has 4 heteroatoms. The molecular weight excluding hydrogens is 270 g/mol. The second-order valence-electron chi connectivity index (χ2n) is 4.73. The molecule has 0 atom stereocenters. The summed E-state index contributed by atoms with van der Waals surface area (Å²) in [5.41, 5.74) is 3.43. The fourth-order valence-corrected chi connectivity index (χ4v) is 2.79. The Morgan fingerprint density at radius 3 is 2.60 bits per heavy atom. The van der Waals surface area contributed by atoms with E-state index in [2.05, 4.69) is 11.1 Å². The Morgan fingerprint density at radius 2 is 1.95 bits per heavy atom. The highest BCUT2D eigenvalue weighted by Gasteiger charge is 2.24. The predicted octanol–water partition coefficient (Wildman–Crippen LogP) is 3.71. The second kappa shape index (κ2) is 5.06. The second-order valence-corrected chi connectivity index (χ2v) is 5.71. The van der Waals surface area contributed by atoms with Crippen LogP contribution in [0.2, 0.25) is 0 Å². The van der Waals surface area contributed by atoms with Gasteiger partial charge in [-0.15, -0.1) is 11.3 Å². The van der Waals surface area contributed by atoms with Gasteiger partial charge in [0.2, 0.25) is 5.90 Å². The van der Waals surface area contributed by atoms with E-state index in [1.54, 1.807) is 17.4 Å². The van der Waals surface area contributed by atoms with E-state index in [0.717, 1.165) is 21.6 Å². The van der Waals surface area contributed by atoms with Gasteiger partial charge in [0.05, 0.1) is 0 Å². The Hall–Kier alpha value is -2.20. The lowest BCUT2D eigenvalue weighted by molar-refractivity contribution is -0.129. The highest BCUT2D eigenvalue weighted by molar-refractivity contribution is 7.10. The summed E-state index contributed by atoms with van der Waals surface area (Å²) in [6.07, 6.45) is 1.75. The third-order valence-corrected chi connectivity index (χ3v) is 3.73. The van der Waals surface area contributed by atoms with Crippen LogP contribution in [0.5, 0.6) is 0 Å². The summed E-state index contributed by atoms with van der Waals surface area (Å²) in [4.78, 5) is 17.2. The number of cyclic esters (lactones) is 1. The van der Waals surface area contributed by atoms with E-state index >= 15 is 0 Å². The molecule has 2 heterocycles. The minimum absolute atomic E-state index is 0.349. The molecule has 1 aliphatic rings. The number of esters is 1. The fourth-order valence-electron chi connectivity index (χ4n) is 2.14. The van der Waals surface area contributed by atoms with Gasteiger partial charge in [-0.2, -0.15) is 0 Å². The molecule has 0 radical (unpaired) electrons. The molecule has 20 heavy (non-hydrogen) atoms. The highest BCUT2D eigenvalue weighted by Crippen LogP contribution is 2.22. The van der Waals surface area contributed by atoms with Crippen molar-refractivity contribution in [1.82, 2.24) is 0 Å². The van der Waals surface area contributed by atoms with Crippen LogP contribution in [0.15, 0.2) is 46.4 Å². The van der Waals surface area contributed by atoms with Crippen molar-refractivity contribution in [1.29, 1.82) is 0 Å². The number of hydrogen-bond acceptors (Lipinski definition) is 4. The minimum atomic E-state index is -0.396. The van der Waals surface area contributed by atoms with Gasteiger partial charge < -0.3 is 4.74 Å². The van der Waals surface area contributed by atoms with Crippen molar-refractivity contribution >= 4 is 29.3 Å². The van der Waals surface area contributed by atoms with Crippen molar-refractivity contribution in [3.05, 3.63) is 63.0 Å². The van der Waals surface area contributed by atoms with Crippen LogP contribution in [0, 0.1) is 13.8 Å². The first-order valence-corrected chi connectivity index (χ1v) is 7.14. The van der Waals surface area contributed by atoms with E-state index in [0.29, 0.717) is 11.6 Å². The lowest BCUT2D eigenvalue weighted by Crippen LogP contribution is -2.05. The Balaban J connectivity index is 1.98. The van der Waals surface area contributed by atoms with Crippen molar-refractivity contribution in [2.24, 2.45) is 4.99 Å². The summed E-state index contributed by atoms with van der Waals surface area (Å²) in [7, 11) is 0. The molecule has 0 fully saturated rings. The molecule has 1 aromatic carbocycles. The Bertz CT molecular complexity index is 707. The maximum absolute atomic E-state index is 11.9. The quantitative estimate of drug-likeness (QED) is 0.622. The maximum Gasteiger partial charge on any atom is 0.363 e. The van der Waals surface area contributed by atoms with Crippen LogP contribution in [0.25, 0.3) is 6.08 Å². The van der Waals surface area contributed by atoms with E-state index < -0.39 is 5.97 Å². The standard InChI is InChI=1S/C16H13NO2S/c1-10-6-11(2)8-12(7-10)15-17-14(16(18)19-15)9-13-4-3-5-20-13/h3-9H,1-2H3/b14-9-. The van der Waals surface area contributed by atoms with Gasteiger partial charge in [0.15, 0.2) is 5.70 Å². The van der Waals surface area contributed by atoms with Crippen LogP contribution in [0.4, 0.5) is 0 Å². The van der Waals surface area contributed by atoms with Gasteiger partial charge in [-0.3, -0.25) is 0 Å². The first kappa shape index (κ1) is 12.8. The van der Waals surface area contributed by atoms with Crippen LogP contribution in [0.3, 0.4) is 0 Å². The Kier molecular flexibility index (Phi) is 3.24. The zero-order valence-electron chi connectivity index (χ0n) is 11.2. The molecule has 3 rings (SSSR count). The fraction of sp³-hybridized carbons (Fsp3) is 0.125. The largest absolute Gasteiger partial charge is 0.402 e. The topological polar surface area (TPSA) is 38.7 Å². The van der Waals surface area contributed by atoms with Gasteiger partial charge in [0, 0.05) is 10.4 Å². The SMILES string of the molecule is Cc1cc(C)cc(C2=N/C(=C\c3cccs3)C(=O)O2)c1. The first-order valence-electron chi connectivity index (χ1n) is 6.26. The summed E-state index contributed by atoms with van der Waals surface area (Å²) in [5, 5.41) is 1.96. The number of carbonyl (C=O) groups is 1. The number of aryl methyl sites for hydroxylation is 2. The molecule has 0 saturated carbocycles. The Morgan fingerprint density at radius 1 is 1.20 bits per heavy atom. The van der Waals surface area contributed by atoms with Crippen LogP contribution in [-0.4, -0.2) is 11.9 Å². The van der Waals surface area contributed by atoms with Crippen LogP contribution < -0.4 is 0 Å². The lowest BCUT2D eigenvalue weighted by atomic mass is 10.1. The number of hydrogen-bond donors (Lipinski definition) is 0. The average molecular weight is 283 g/mol. The average Bonchev–Trinajstić information content (AvgIpc) is 3.00. The predicted molar refractivity (Wildman–Crippen MR) is 80.8 cm³/mol.